The number of aromatic nitrogens is 4. The molecule has 0 aliphatic carbocycles. The van der Waals surface area contributed by atoms with E-state index in [-0.39, 0.29) is 11.7 Å². The van der Waals surface area contributed by atoms with Gasteiger partial charge in [-0.05, 0) is 37.1 Å². The van der Waals surface area contributed by atoms with Crippen molar-refractivity contribution < 1.29 is 9.47 Å². The predicted octanol–water partition coefficient (Wildman–Crippen LogP) is 2.42. The van der Waals surface area contributed by atoms with Gasteiger partial charge < -0.3 is 14.4 Å². The zero-order chi connectivity index (χ0) is 19.7. The highest BCUT2D eigenvalue weighted by Gasteiger charge is 2.20. The van der Waals surface area contributed by atoms with Crippen LogP contribution in [0.2, 0.25) is 0 Å². The van der Waals surface area contributed by atoms with Crippen LogP contribution >= 0.6 is 15.9 Å². The average Bonchev–Trinajstić information content (AvgIpc) is 2.94. The number of aromatic amines is 1. The molecule has 8 nitrogen and oxygen atoms in total. The third kappa shape index (κ3) is 3.82. The van der Waals surface area contributed by atoms with Crippen LogP contribution in [0.15, 0.2) is 33.7 Å². The van der Waals surface area contributed by atoms with E-state index in [0.717, 1.165) is 28.7 Å². The molecule has 1 fully saturated rings. The van der Waals surface area contributed by atoms with Gasteiger partial charge in [0.05, 0.1) is 25.0 Å². The fourth-order valence-electron chi connectivity index (χ4n) is 3.41. The molecule has 3 aromatic rings. The van der Waals surface area contributed by atoms with Crippen molar-refractivity contribution in [1.29, 1.82) is 0 Å². The standard InChI is InChI=1S/C19H22BrN5O3/c1-12-9-13(20)3-4-16(12)25-10-15-17(23-25)21-19(22-18(15)26)24-6-5-14(11-27-2)28-8-7-24/h3-4,9-10,14H,5-8,11H2,1-2H3,(H,21,22,23,26). The lowest BCUT2D eigenvalue weighted by Crippen LogP contribution is -2.30. The normalized spacial score (nSPS) is 17.8. The van der Waals surface area contributed by atoms with E-state index in [1.807, 2.05) is 30.0 Å². The van der Waals surface area contributed by atoms with Crippen LogP contribution in [-0.4, -0.2) is 59.3 Å². The molecule has 2 aromatic heterocycles. The Morgan fingerprint density at radius 3 is 3.04 bits per heavy atom. The maximum Gasteiger partial charge on any atom is 0.263 e. The van der Waals surface area contributed by atoms with Crippen LogP contribution in [0.4, 0.5) is 5.95 Å². The van der Waals surface area contributed by atoms with Crippen molar-refractivity contribution in [2.24, 2.45) is 0 Å². The maximum atomic E-state index is 12.6. The van der Waals surface area contributed by atoms with Gasteiger partial charge in [-0.1, -0.05) is 15.9 Å². The summed E-state index contributed by atoms with van der Waals surface area (Å²) in [5.74, 6) is 0.525. The van der Waals surface area contributed by atoms with Gasteiger partial charge in [-0.15, -0.1) is 5.10 Å². The van der Waals surface area contributed by atoms with E-state index in [0.29, 0.717) is 36.7 Å². The number of aryl methyl sites for hydroxylation is 1. The third-order valence-electron chi connectivity index (χ3n) is 4.87. The first-order chi connectivity index (χ1) is 13.5. The van der Waals surface area contributed by atoms with E-state index in [2.05, 4.69) is 31.0 Å². The summed E-state index contributed by atoms with van der Waals surface area (Å²) in [6.45, 7) is 4.51. The fourth-order valence-corrected chi connectivity index (χ4v) is 3.88. The van der Waals surface area contributed by atoms with Crippen molar-refractivity contribution in [2.75, 3.05) is 38.3 Å². The van der Waals surface area contributed by atoms with Gasteiger partial charge in [0, 0.05) is 30.9 Å². The third-order valence-corrected chi connectivity index (χ3v) is 5.36. The Morgan fingerprint density at radius 2 is 2.25 bits per heavy atom. The largest absolute Gasteiger partial charge is 0.382 e. The lowest BCUT2D eigenvalue weighted by Gasteiger charge is -2.19. The highest BCUT2D eigenvalue weighted by Crippen LogP contribution is 2.21. The quantitative estimate of drug-likeness (QED) is 0.660. The SMILES string of the molecule is COCC1CCN(c2nc3nn(-c4ccc(Br)cc4C)cc3c(=O)[nH]2)CCO1. The van der Waals surface area contributed by atoms with Gasteiger partial charge in [0.25, 0.3) is 5.56 Å². The molecule has 0 amide bonds. The van der Waals surface area contributed by atoms with Crippen molar-refractivity contribution in [3.05, 3.63) is 44.8 Å². The smallest absolute Gasteiger partial charge is 0.263 e. The van der Waals surface area contributed by atoms with E-state index >= 15 is 0 Å². The van der Waals surface area contributed by atoms with E-state index in [1.54, 1.807) is 18.0 Å². The molecule has 1 unspecified atom stereocenters. The molecule has 148 valence electrons. The molecule has 0 radical (unpaired) electrons. The number of nitrogens with one attached hydrogen (secondary N) is 1. The number of methoxy groups -OCH3 is 1. The summed E-state index contributed by atoms with van der Waals surface area (Å²) in [5.41, 5.74) is 2.19. The van der Waals surface area contributed by atoms with E-state index in [4.69, 9.17) is 9.47 Å². The van der Waals surface area contributed by atoms with Gasteiger partial charge in [0.15, 0.2) is 5.65 Å². The summed E-state index contributed by atoms with van der Waals surface area (Å²) < 4.78 is 13.7. The van der Waals surface area contributed by atoms with Gasteiger partial charge in [-0.3, -0.25) is 9.78 Å². The highest BCUT2D eigenvalue weighted by molar-refractivity contribution is 9.10. The molecule has 1 aromatic carbocycles. The van der Waals surface area contributed by atoms with Crippen molar-refractivity contribution in [1.82, 2.24) is 19.7 Å². The summed E-state index contributed by atoms with van der Waals surface area (Å²) in [5, 5.41) is 5.02. The van der Waals surface area contributed by atoms with Crippen molar-refractivity contribution in [2.45, 2.75) is 19.4 Å². The summed E-state index contributed by atoms with van der Waals surface area (Å²) in [4.78, 5) is 22.2. The van der Waals surface area contributed by atoms with Crippen molar-refractivity contribution in [3.8, 4) is 5.69 Å². The molecule has 28 heavy (non-hydrogen) atoms. The number of hydrogen-bond donors (Lipinski definition) is 1. The first kappa shape index (κ1) is 19.1. The molecule has 0 bridgehead atoms. The molecule has 1 aliphatic rings. The van der Waals surface area contributed by atoms with Gasteiger partial charge in [0.1, 0.15) is 5.39 Å². The first-order valence-electron chi connectivity index (χ1n) is 9.17. The second kappa shape index (κ2) is 8.02. The minimum Gasteiger partial charge on any atom is -0.382 e. The Labute approximate surface area is 170 Å². The topological polar surface area (TPSA) is 85.3 Å². The number of hydrogen-bond acceptors (Lipinski definition) is 6. The number of H-pyrrole nitrogens is 1. The van der Waals surface area contributed by atoms with Crippen LogP contribution in [0, 0.1) is 6.92 Å². The van der Waals surface area contributed by atoms with Crippen LogP contribution in [0.5, 0.6) is 0 Å². The molecule has 4 rings (SSSR count). The van der Waals surface area contributed by atoms with Gasteiger partial charge in [-0.2, -0.15) is 4.98 Å². The lowest BCUT2D eigenvalue weighted by atomic mass is 10.2. The number of nitrogens with zero attached hydrogens (tertiary/aromatic N) is 4. The number of benzene rings is 1. The van der Waals surface area contributed by atoms with Crippen LogP contribution in [0.25, 0.3) is 16.7 Å². The molecule has 1 saturated heterocycles. The predicted molar refractivity (Wildman–Crippen MR) is 110 cm³/mol. The molecular formula is C19H22BrN5O3. The maximum absolute atomic E-state index is 12.6. The number of rotatable bonds is 4. The minimum atomic E-state index is -0.195. The Morgan fingerprint density at radius 1 is 1.39 bits per heavy atom. The van der Waals surface area contributed by atoms with E-state index in [1.165, 1.54) is 0 Å². The number of anilines is 1. The Kier molecular flexibility index (Phi) is 5.47. The first-order valence-corrected chi connectivity index (χ1v) is 9.96. The Bertz CT molecular complexity index is 1050. The zero-order valence-electron chi connectivity index (χ0n) is 15.8. The number of fused-ring (bicyclic) bond motifs is 1. The van der Waals surface area contributed by atoms with Crippen molar-refractivity contribution in [3.63, 3.8) is 0 Å². The minimum absolute atomic E-state index is 0.0602. The average molecular weight is 448 g/mol. The Hall–Kier alpha value is -2.23. The number of ether oxygens (including phenoxy) is 2. The lowest BCUT2D eigenvalue weighted by molar-refractivity contribution is 0.00604. The Balaban J connectivity index is 1.66. The van der Waals surface area contributed by atoms with E-state index < -0.39 is 0 Å². The molecule has 3 heterocycles. The number of halogens is 1. The van der Waals surface area contributed by atoms with Crippen LogP contribution in [-0.2, 0) is 9.47 Å². The van der Waals surface area contributed by atoms with E-state index in [9.17, 15) is 4.79 Å². The summed E-state index contributed by atoms with van der Waals surface area (Å²) >= 11 is 3.47. The van der Waals surface area contributed by atoms with Gasteiger partial charge in [0.2, 0.25) is 5.95 Å². The molecule has 1 N–H and O–H groups in total. The van der Waals surface area contributed by atoms with Crippen LogP contribution in [0.3, 0.4) is 0 Å². The zero-order valence-corrected chi connectivity index (χ0v) is 17.4. The summed E-state index contributed by atoms with van der Waals surface area (Å²) in [6.07, 6.45) is 2.59. The van der Waals surface area contributed by atoms with Gasteiger partial charge in [-0.25, -0.2) is 4.68 Å². The fraction of sp³-hybridized carbons (Fsp3) is 0.421. The molecular weight excluding hydrogens is 426 g/mol. The molecule has 1 aliphatic heterocycles. The van der Waals surface area contributed by atoms with Gasteiger partial charge >= 0.3 is 0 Å². The second-order valence-corrected chi connectivity index (χ2v) is 7.77. The summed E-state index contributed by atoms with van der Waals surface area (Å²) in [6, 6.07) is 5.92. The van der Waals surface area contributed by atoms with Crippen LogP contribution in [0.1, 0.15) is 12.0 Å². The highest BCUT2D eigenvalue weighted by atomic mass is 79.9. The monoisotopic (exact) mass is 447 g/mol. The second-order valence-electron chi connectivity index (χ2n) is 6.86. The molecule has 1 atom stereocenters. The van der Waals surface area contributed by atoms with Crippen molar-refractivity contribution >= 4 is 32.9 Å². The molecule has 0 saturated carbocycles. The molecule has 9 heteroatoms. The summed E-state index contributed by atoms with van der Waals surface area (Å²) in [7, 11) is 1.67. The molecule has 0 spiro atoms. The van der Waals surface area contributed by atoms with Crippen LogP contribution < -0.4 is 10.5 Å².